The summed E-state index contributed by atoms with van der Waals surface area (Å²) in [5, 5.41) is 2.28. The van der Waals surface area contributed by atoms with E-state index in [9.17, 15) is 0 Å². The van der Waals surface area contributed by atoms with Crippen LogP contribution in [0.1, 0.15) is 0 Å². The van der Waals surface area contributed by atoms with Crippen LogP contribution in [0.15, 0.2) is 67.0 Å². The standard InChI is InChI=1S/C19H11N3S/c1-2-6-15-13(5-1)18-16(23-15)8-7-14(22-18)19-17-12(9-11-21-19)4-3-10-20-17/h1-11H. The molecule has 4 aromatic heterocycles. The van der Waals surface area contributed by atoms with E-state index in [1.54, 1.807) is 17.5 Å². The van der Waals surface area contributed by atoms with Gasteiger partial charge in [0.15, 0.2) is 0 Å². The number of hydrogen-bond acceptors (Lipinski definition) is 4. The van der Waals surface area contributed by atoms with E-state index < -0.39 is 0 Å². The predicted octanol–water partition coefficient (Wildman–Crippen LogP) is 5.06. The fourth-order valence-electron chi connectivity index (χ4n) is 2.91. The lowest BCUT2D eigenvalue weighted by Gasteiger charge is -2.04. The van der Waals surface area contributed by atoms with Crippen molar-refractivity contribution in [3.63, 3.8) is 0 Å². The van der Waals surface area contributed by atoms with E-state index in [1.807, 2.05) is 30.5 Å². The number of thiophene rings is 1. The van der Waals surface area contributed by atoms with E-state index in [4.69, 9.17) is 4.98 Å². The third kappa shape index (κ3) is 1.92. The molecule has 0 N–H and O–H groups in total. The van der Waals surface area contributed by atoms with Gasteiger partial charge in [0.05, 0.1) is 21.4 Å². The van der Waals surface area contributed by atoms with Crippen LogP contribution in [-0.2, 0) is 0 Å². The van der Waals surface area contributed by atoms with Gasteiger partial charge in [-0.15, -0.1) is 11.3 Å². The molecule has 1 aromatic carbocycles. The van der Waals surface area contributed by atoms with Gasteiger partial charge < -0.3 is 0 Å². The predicted molar refractivity (Wildman–Crippen MR) is 95.7 cm³/mol. The fourth-order valence-corrected chi connectivity index (χ4v) is 3.96. The molecule has 0 aliphatic carbocycles. The molecule has 0 spiro atoms. The highest BCUT2D eigenvalue weighted by Crippen LogP contribution is 2.34. The Morgan fingerprint density at radius 3 is 2.65 bits per heavy atom. The third-order valence-corrected chi connectivity index (χ3v) is 5.11. The zero-order chi connectivity index (χ0) is 15.2. The molecular weight excluding hydrogens is 302 g/mol. The van der Waals surface area contributed by atoms with Gasteiger partial charge in [-0.05, 0) is 30.3 Å². The lowest BCUT2D eigenvalue weighted by Crippen LogP contribution is -1.91. The maximum atomic E-state index is 4.89. The van der Waals surface area contributed by atoms with Gasteiger partial charge in [-0.25, -0.2) is 4.98 Å². The van der Waals surface area contributed by atoms with Crippen molar-refractivity contribution in [3.05, 3.63) is 67.0 Å². The van der Waals surface area contributed by atoms with Crippen molar-refractivity contribution in [2.24, 2.45) is 0 Å². The summed E-state index contributed by atoms with van der Waals surface area (Å²) in [7, 11) is 0. The summed E-state index contributed by atoms with van der Waals surface area (Å²) in [6.07, 6.45) is 3.61. The number of hydrogen-bond donors (Lipinski definition) is 0. The highest BCUT2D eigenvalue weighted by molar-refractivity contribution is 7.25. The topological polar surface area (TPSA) is 38.7 Å². The Morgan fingerprint density at radius 1 is 0.696 bits per heavy atom. The highest BCUT2D eigenvalue weighted by Gasteiger charge is 2.11. The first-order valence-electron chi connectivity index (χ1n) is 7.38. The Bertz CT molecular complexity index is 1170. The van der Waals surface area contributed by atoms with Crippen LogP contribution in [0.5, 0.6) is 0 Å². The van der Waals surface area contributed by atoms with E-state index in [2.05, 4.69) is 40.3 Å². The van der Waals surface area contributed by atoms with E-state index >= 15 is 0 Å². The highest BCUT2D eigenvalue weighted by atomic mass is 32.1. The van der Waals surface area contributed by atoms with Crippen molar-refractivity contribution < 1.29 is 0 Å². The first kappa shape index (κ1) is 12.7. The number of pyridine rings is 3. The molecular formula is C19H11N3S. The number of nitrogens with zero attached hydrogens (tertiary/aromatic N) is 3. The van der Waals surface area contributed by atoms with Gasteiger partial charge in [0.2, 0.25) is 0 Å². The van der Waals surface area contributed by atoms with E-state index in [-0.39, 0.29) is 0 Å². The largest absolute Gasteiger partial charge is 0.254 e. The van der Waals surface area contributed by atoms with E-state index in [0.29, 0.717) is 0 Å². The lowest BCUT2D eigenvalue weighted by atomic mass is 10.1. The summed E-state index contributed by atoms with van der Waals surface area (Å²) >= 11 is 1.77. The second-order valence-corrected chi connectivity index (χ2v) is 6.46. The monoisotopic (exact) mass is 313 g/mol. The molecule has 0 radical (unpaired) electrons. The fraction of sp³-hybridized carbons (Fsp3) is 0. The number of benzene rings is 1. The first-order valence-corrected chi connectivity index (χ1v) is 8.20. The van der Waals surface area contributed by atoms with Crippen LogP contribution in [0.25, 0.3) is 42.6 Å². The molecule has 108 valence electrons. The normalized spacial score (nSPS) is 11.5. The Hall–Kier alpha value is -2.85. The minimum Gasteiger partial charge on any atom is -0.254 e. The summed E-state index contributed by atoms with van der Waals surface area (Å²) in [5.41, 5.74) is 3.63. The second-order valence-electron chi connectivity index (χ2n) is 5.38. The van der Waals surface area contributed by atoms with Crippen molar-refractivity contribution in [1.29, 1.82) is 0 Å². The summed E-state index contributed by atoms with van der Waals surface area (Å²) < 4.78 is 2.46. The molecule has 0 unspecified atom stereocenters. The van der Waals surface area contributed by atoms with Crippen LogP contribution in [0.3, 0.4) is 0 Å². The first-order chi connectivity index (χ1) is 11.4. The Morgan fingerprint density at radius 2 is 1.65 bits per heavy atom. The molecule has 0 saturated heterocycles. The van der Waals surface area contributed by atoms with Gasteiger partial charge in [-0.2, -0.15) is 0 Å². The molecule has 4 heteroatoms. The summed E-state index contributed by atoms with van der Waals surface area (Å²) in [6.45, 7) is 0. The minimum absolute atomic E-state index is 0.834. The van der Waals surface area contributed by atoms with E-state index in [1.165, 1.54) is 14.8 Å². The van der Waals surface area contributed by atoms with Crippen molar-refractivity contribution in [1.82, 2.24) is 15.0 Å². The van der Waals surface area contributed by atoms with Crippen molar-refractivity contribution >= 4 is 42.5 Å². The SMILES string of the molecule is c1cnc2c(-c3ccc4sc5ccccc5c4n3)nccc2c1. The number of rotatable bonds is 1. The van der Waals surface area contributed by atoms with Crippen LogP contribution in [0, 0.1) is 0 Å². The zero-order valence-corrected chi connectivity index (χ0v) is 12.9. The average Bonchev–Trinajstić information content (AvgIpc) is 2.99. The summed E-state index contributed by atoms with van der Waals surface area (Å²) in [5.74, 6) is 0. The van der Waals surface area contributed by atoms with E-state index in [0.717, 1.165) is 27.8 Å². The van der Waals surface area contributed by atoms with Crippen molar-refractivity contribution in [3.8, 4) is 11.4 Å². The molecule has 4 heterocycles. The van der Waals surface area contributed by atoms with Gasteiger partial charge in [-0.1, -0.05) is 24.3 Å². The van der Waals surface area contributed by atoms with Crippen molar-refractivity contribution in [2.45, 2.75) is 0 Å². The zero-order valence-electron chi connectivity index (χ0n) is 12.1. The molecule has 0 aliphatic heterocycles. The quantitative estimate of drug-likeness (QED) is 0.434. The smallest absolute Gasteiger partial charge is 0.115 e. The van der Waals surface area contributed by atoms with Crippen LogP contribution in [-0.4, -0.2) is 15.0 Å². The Labute approximate surface area is 136 Å². The Kier molecular flexibility index (Phi) is 2.66. The maximum absolute atomic E-state index is 4.89. The molecule has 0 fully saturated rings. The minimum atomic E-state index is 0.834. The molecule has 5 rings (SSSR count). The molecule has 0 amide bonds. The lowest BCUT2D eigenvalue weighted by molar-refractivity contribution is 1.27. The molecule has 0 saturated carbocycles. The van der Waals surface area contributed by atoms with Gasteiger partial charge in [0.1, 0.15) is 5.69 Å². The van der Waals surface area contributed by atoms with Gasteiger partial charge in [0.25, 0.3) is 0 Å². The molecule has 5 aromatic rings. The van der Waals surface area contributed by atoms with Gasteiger partial charge in [-0.3, -0.25) is 9.97 Å². The van der Waals surface area contributed by atoms with Crippen LogP contribution in [0.2, 0.25) is 0 Å². The Balaban J connectivity index is 1.84. The summed E-state index contributed by atoms with van der Waals surface area (Å²) in [4.78, 5) is 13.9. The van der Waals surface area contributed by atoms with Crippen LogP contribution < -0.4 is 0 Å². The molecule has 0 bridgehead atoms. The second kappa shape index (κ2) is 4.83. The molecule has 0 aliphatic rings. The van der Waals surface area contributed by atoms with Gasteiger partial charge >= 0.3 is 0 Å². The molecule has 23 heavy (non-hydrogen) atoms. The third-order valence-electron chi connectivity index (χ3n) is 3.98. The molecule has 0 atom stereocenters. The summed E-state index contributed by atoms with van der Waals surface area (Å²) in [6, 6.07) is 18.5. The van der Waals surface area contributed by atoms with Crippen molar-refractivity contribution in [2.75, 3.05) is 0 Å². The van der Waals surface area contributed by atoms with Crippen LogP contribution >= 0.6 is 11.3 Å². The maximum Gasteiger partial charge on any atom is 0.115 e. The van der Waals surface area contributed by atoms with Crippen LogP contribution in [0.4, 0.5) is 0 Å². The number of fused-ring (bicyclic) bond motifs is 4. The molecule has 3 nitrogen and oxygen atoms in total. The van der Waals surface area contributed by atoms with Gasteiger partial charge in [0, 0.05) is 27.9 Å². The average molecular weight is 313 g/mol. The number of aromatic nitrogens is 3.